The molecule has 2 aromatic rings. The first kappa shape index (κ1) is 13.7. The summed E-state index contributed by atoms with van der Waals surface area (Å²) in [6, 6.07) is 7.52. The van der Waals surface area contributed by atoms with Gasteiger partial charge in [-0.15, -0.1) is 0 Å². The van der Waals surface area contributed by atoms with E-state index >= 15 is 0 Å². The van der Waals surface area contributed by atoms with Crippen molar-refractivity contribution >= 4 is 22.5 Å². The molecule has 1 aliphatic rings. The maximum absolute atomic E-state index is 12.2. The van der Waals surface area contributed by atoms with Crippen molar-refractivity contribution in [3.05, 3.63) is 41.6 Å². The highest BCUT2D eigenvalue weighted by atomic mass is 16.1. The average molecular weight is 283 g/mol. The normalized spacial score (nSPS) is 15.0. The Kier molecular flexibility index (Phi) is 3.95. The molecule has 4 N–H and O–H groups in total. The van der Waals surface area contributed by atoms with Crippen LogP contribution in [-0.2, 0) is 0 Å². The summed E-state index contributed by atoms with van der Waals surface area (Å²) in [5.74, 6) is -0.0676. The molecule has 4 heteroatoms. The van der Waals surface area contributed by atoms with Crippen molar-refractivity contribution in [3.63, 3.8) is 0 Å². The molecular formula is C17H21N3O. The van der Waals surface area contributed by atoms with Crippen LogP contribution in [-0.4, -0.2) is 17.4 Å². The highest BCUT2D eigenvalue weighted by Crippen LogP contribution is 2.21. The molecule has 21 heavy (non-hydrogen) atoms. The fourth-order valence-electron chi connectivity index (χ4n) is 2.87. The van der Waals surface area contributed by atoms with E-state index in [1.165, 1.54) is 31.3 Å². The second-order valence-corrected chi connectivity index (χ2v) is 5.61. The van der Waals surface area contributed by atoms with Gasteiger partial charge in [0.15, 0.2) is 0 Å². The standard InChI is InChI=1S/C17H21N3O/c18-14-8-4-7-13-11-15(20-16(13)14)17(21)19-10-9-12-5-2-1-3-6-12/h4-5,7-8,11,20H,1-3,6,9-10,18H2,(H,19,21). The van der Waals surface area contributed by atoms with E-state index in [1.807, 2.05) is 24.3 Å². The molecule has 0 atom stereocenters. The fraction of sp³-hybridized carbons (Fsp3) is 0.353. The maximum Gasteiger partial charge on any atom is 0.267 e. The zero-order chi connectivity index (χ0) is 14.7. The highest BCUT2D eigenvalue weighted by Gasteiger charge is 2.11. The Morgan fingerprint density at radius 2 is 2.24 bits per heavy atom. The van der Waals surface area contributed by atoms with Crippen molar-refractivity contribution in [2.75, 3.05) is 12.3 Å². The molecular weight excluding hydrogens is 262 g/mol. The van der Waals surface area contributed by atoms with Gasteiger partial charge in [-0.2, -0.15) is 0 Å². The molecule has 110 valence electrons. The number of nitrogen functional groups attached to an aromatic ring is 1. The summed E-state index contributed by atoms with van der Waals surface area (Å²) >= 11 is 0. The van der Waals surface area contributed by atoms with Crippen molar-refractivity contribution in [2.24, 2.45) is 0 Å². The summed E-state index contributed by atoms with van der Waals surface area (Å²) in [5.41, 5.74) is 9.44. The van der Waals surface area contributed by atoms with Crippen LogP contribution in [0.3, 0.4) is 0 Å². The average Bonchev–Trinajstić information content (AvgIpc) is 2.94. The number of nitrogens with one attached hydrogen (secondary N) is 2. The SMILES string of the molecule is Nc1cccc2cc(C(=O)NCCC3=CCCCC3)[nH]c12. The van der Waals surface area contributed by atoms with Gasteiger partial charge < -0.3 is 16.0 Å². The number of H-pyrrole nitrogens is 1. The van der Waals surface area contributed by atoms with E-state index < -0.39 is 0 Å². The molecule has 0 bridgehead atoms. The van der Waals surface area contributed by atoms with Gasteiger partial charge in [0, 0.05) is 11.9 Å². The second-order valence-electron chi connectivity index (χ2n) is 5.61. The Labute approximate surface area is 124 Å². The molecule has 1 aromatic carbocycles. The van der Waals surface area contributed by atoms with Gasteiger partial charge in [-0.3, -0.25) is 4.79 Å². The van der Waals surface area contributed by atoms with Crippen molar-refractivity contribution in [3.8, 4) is 0 Å². The van der Waals surface area contributed by atoms with E-state index in [4.69, 9.17) is 5.73 Å². The second kappa shape index (κ2) is 6.04. The topological polar surface area (TPSA) is 70.9 Å². The van der Waals surface area contributed by atoms with Crippen LogP contribution in [0.5, 0.6) is 0 Å². The van der Waals surface area contributed by atoms with Crippen LogP contribution in [0.25, 0.3) is 10.9 Å². The molecule has 1 aliphatic carbocycles. The van der Waals surface area contributed by atoms with Gasteiger partial charge in [0.1, 0.15) is 5.69 Å². The van der Waals surface area contributed by atoms with E-state index in [1.54, 1.807) is 0 Å². The zero-order valence-corrected chi connectivity index (χ0v) is 12.1. The number of nitrogens with two attached hydrogens (primary N) is 1. The highest BCUT2D eigenvalue weighted by molar-refractivity contribution is 6.00. The van der Waals surface area contributed by atoms with Gasteiger partial charge >= 0.3 is 0 Å². The lowest BCUT2D eigenvalue weighted by Crippen LogP contribution is -2.25. The number of fused-ring (bicyclic) bond motifs is 1. The summed E-state index contributed by atoms with van der Waals surface area (Å²) in [7, 11) is 0. The lowest BCUT2D eigenvalue weighted by atomic mass is 9.97. The third-order valence-electron chi connectivity index (χ3n) is 4.05. The third-order valence-corrected chi connectivity index (χ3v) is 4.05. The Bertz CT molecular complexity index is 684. The number of aromatic nitrogens is 1. The Morgan fingerprint density at radius 1 is 1.33 bits per heavy atom. The molecule has 1 aromatic heterocycles. The number of allylic oxidation sites excluding steroid dienone is 1. The molecule has 0 aliphatic heterocycles. The van der Waals surface area contributed by atoms with Crippen molar-refractivity contribution in [2.45, 2.75) is 32.1 Å². The number of carbonyl (C=O) groups excluding carboxylic acids is 1. The quantitative estimate of drug-likeness (QED) is 0.594. The number of hydrogen-bond acceptors (Lipinski definition) is 2. The third kappa shape index (κ3) is 3.10. The van der Waals surface area contributed by atoms with Gasteiger partial charge in [-0.1, -0.05) is 23.8 Å². The number of aromatic amines is 1. The number of amides is 1. The first-order valence-corrected chi connectivity index (χ1v) is 7.57. The molecule has 3 rings (SSSR count). The lowest BCUT2D eigenvalue weighted by molar-refractivity contribution is 0.0950. The van der Waals surface area contributed by atoms with Crippen LogP contribution in [0.2, 0.25) is 0 Å². The summed E-state index contributed by atoms with van der Waals surface area (Å²) in [5, 5.41) is 3.94. The number of benzene rings is 1. The smallest absolute Gasteiger partial charge is 0.267 e. The molecule has 4 nitrogen and oxygen atoms in total. The number of hydrogen-bond donors (Lipinski definition) is 3. The van der Waals surface area contributed by atoms with Crippen LogP contribution in [0, 0.1) is 0 Å². The molecule has 0 radical (unpaired) electrons. The number of anilines is 1. The zero-order valence-electron chi connectivity index (χ0n) is 12.1. The van der Waals surface area contributed by atoms with Crippen molar-refractivity contribution in [1.29, 1.82) is 0 Å². The van der Waals surface area contributed by atoms with Crippen LogP contribution in [0.4, 0.5) is 5.69 Å². The number of para-hydroxylation sites is 1. The van der Waals surface area contributed by atoms with E-state index in [-0.39, 0.29) is 5.91 Å². The first-order chi connectivity index (χ1) is 10.2. The van der Waals surface area contributed by atoms with Gasteiger partial charge in [0.25, 0.3) is 5.91 Å². The van der Waals surface area contributed by atoms with E-state index in [2.05, 4.69) is 16.4 Å². The number of rotatable bonds is 4. The Morgan fingerprint density at radius 3 is 3.00 bits per heavy atom. The molecule has 0 unspecified atom stereocenters. The van der Waals surface area contributed by atoms with E-state index in [9.17, 15) is 4.79 Å². The molecule has 0 saturated carbocycles. The summed E-state index contributed by atoms with van der Waals surface area (Å²) in [6.07, 6.45) is 8.21. The monoisotopic (exact) mass is 283 g/mol. The van der Waals surface area contributed by atoms with E-state index in [0.717, 1.165) is 17.3 Å². The molecule has 1 amide bonds. The van der Waals surface area contributed by atoms with Crippen molar-refractivity contribution < 1.29 is 4.79 Å². The molecule has 0 saturated heterocycles. The molecule has 1 heterocycles. The largest absolute Gasteiger partial charge is 0.397 e. The Hall–Kier alpha value is -2.23. The fourth-order valence-corrected chi connectivity index (χ4v) is 2.87. The minimum absolute atomic E-state index is 0.0676. The van der Waals surface area contributed by atoms with Crippen LogP contribution in [0.1, 0.15) is 42.6 Å². The summed E-state index contributed by atoms with van der Waals surface area (Å²) in [6.45, 7) is 0.690. The van der Waals surface area contributed by atoms with Gasteiger partial charge in [-0.25, -0.2) is 0 Å². The lowest BCUT2D eigenvalue weighted by Gasteiger charge is -2.12. The van der Waals surface area contributed by atoms with Gasteiger partial charge in [0.05, 0.1) is 11.2 Å². The van der Waals surface area contributed by atoms with Crippen molar-refractivity contribution in [1.82, 2.24) is 10.3 Å². The molecule has 0 fully saturated rings. The predicted octanol–water partition coefficient (Wildman–Crippen LogP) is 3.37. The number of carbonyl (C=O) groups is 1. The summed E-state index contributed by atoms with van der Waals surface area (Å²) in [4.78, 5) is 15.3. The Balaban J connectivity index is 1.61. The maximum atomic E-state index is 12.2. The van der Waals surface area contributed by atoms with Crippen LogP contribution >= 0.6 is 0 Å². The van der Waals surface area contributed by atoms with Gasteiger partial charge in [-0.05, 0) is 44.2 Å². The minimum atomic E-state index is -0.0676. The van der Waals surface area contributed by atoms with Crippen LogP contribution in [0.15, 0.2) is 35.9 Å². The first-order valence-electron chi connectivity index (χ1n) is 7.57. The minimum Gasteiger partial charge on any atom is -0.397 e. The molecule has 0 spiro atoms. The van der Waals surface area contributed by atoms with Gasteiger partial charge in [0.2, 0.25) is 0 Å². The predicted molar refractivity (Wildman–Crippen MR) is 86.2 cm³/mol. The summed E-state index contributed by atoms with van der Waals surface area (Å²) < 4.78 is 0. The van der Waals surface area contributed by atoms with Crippen LogP contribution < -0.4 is 11.1 Å². The van der Waals surface area contributed by atoms with E-state index in [0.29, 0.717) is 17.9 Å².